The molecule has 0 amide bonds. The van der Waals surface area contributed by atoms with Crippen LogP contribution in [0.5, 0.6) is 0 Å². The Kier molecular flexibility index (Phi) is 2.04. The predicted molar refractivity (Wildman–Crippen MR) is 59.4 cm³/mol. The topological polar surface area (TPSA) is 71.9 Å². The molecule has 16 heavy (non-hydrogen) atoms. The Morgan fingerprint density at radius 3 is 2.75 bits per heavy atom. The van der Waals surface area contributed by atoms with Crippen molar-refractivity contribution in [2.75, 3.05) is 11.5 Å². The number of hydrogen-bond donors (Lipinski definition) is 1. The molecule has 1 aliphatic carbocycles. The summed E-state index contributed by atoms with van der Waals surface area (Å²) in [5, 5.41) is 3.08. The first-order valence-electron chi connectivity index (χ1n) is 5.59. The summed E-state index contributed by atoms with van der Waals surface area (Å²) in [6.45, 7) is 0. The van der Waals surface area contributed by atoms with E-state index in [2.05, 4.69) is 5.10 Å². The second-order valence-electron chi connectivity index (χ2n) is 4.65. The van der Waals surface area contributed by atoms with Gasteiger partial charge in [-0.05, 0) is 25.7 Å². The average molecular weight is 242 g/mol. The molecule has 1 atom stereocenters. The number of aryl methyl sites for hydroxylation is 1. The standard InChI is InChI=1S/C10H14N2O3S/c13-10-8-2-1-3-9(8)11-12(10)7-4-5-16(14,15)6-7/h7,11H,1-6H2. The van der Waals surface area contributed by atoms with Crippen LogP contribution in [0.15, 0.2) is 4.79 Å². The molecule has 1 aromatic heterocycles. The number of aromatic nitrogens is 2. The maximum absolute atomic E-state index is 12.0. The van der Waals surface area contributed by atoms with Crippen LogP contribution in [0.2, 0.25) is 0 Å². The van der Waals surface area contributed by atoms with Gasteiger partial charge in [-0.2, -0.15) is 0 Å². The summed E-state index contributed by atoms with van der Waals surface area (Å²) in [7, 11) is -2.93. The van der Waals surface area contributed by atoms with Gasteiger partial charge in [0.1, 0.15) is 0 Å². The van der Waals surface area contributed by atoms with Crippen LogP contribution in [0.3, 0.4) is 0 Å². The van der Waals surface area contributed by atoms with Crippen LogP contribution in [0, 0.1) is 0 Å². The van der Waals surface area contributed by atoms with Crippen LogP contribution in [0.25, 0.3) is 0 Å². The normalized spacial score (nSPS) is 27.1. The van der Waals surface area contributed by atoms with Crippen molar-refractivity contribution in [1.82, 2.24) is 9.78 Å². The molecule has 0 saturated carbocycles. The highest BCUT2D eigenvalue weighted by Crippen LogP contribution is 2.24. The van der Waals surface area contributed by atoms with Crippen molar-refractivity contribution in [2.45, 2.75) is 31.7 Å². The van der Waals surface area contributed by atoms with Crippen molar-refractivity contribution in [1.29, 1.82) is 0 Å². The zero-order valence-corrected chi connectivity index (χ0v) is 9.72. The molecular formula is C10H14N2O3S. The van der Waals surface area contributed by atoms with E-state index in [0.29, 0.717) is 6.42 Å². The molecule has 5 nitrogen and oxygen atoms in total. The molecule has 1 unspecified atom stereocenters. The number of fused-ring (bicyclic) bond motifs is 1. The minimum absolute atomic E-state index is 0.00500. The highest BCUT2D eigenvalue weighted by atomic mass is 32.2. The van der Waals surface area contributed by atoms with E-state index in [1.54, 1.807) is 0 Å². The van der Waals surface area contributed by atoms with Gasteiger partial charge in [-0.3, -0.25) is 9.89 Å². The van der Waals surface area contributed by atoms with Crippen LogP contribution >= 0.6 is 0 Å². The molecule has 88 valence electrons. The fourth-order valence-corrected chi connectivity index (χ4v) is 4.38. The third-order valence-electron chi connectivity index (χ3n) is 3.52. The van der Waals surface area contributed by atoms with E-state index in [0.717, 1.165) is 30.5 Å². The number of H-pyrrole nitrogens is 1. The SMILES string of the molecule is O=c1c2c([nH]n1C1CCS(=O)(=O)C1)CCC2. The molecule has 3 rings (SSSR count). The van der Waals surface area contributed by atoms with Gasteiger partial charge >= 0.3 is 0 Å². The van der Waals surface area contributed by atoms with Gasteiger partial charge < -0.3 is 0 Å². The van der Waals surface area contributed by atoms with Crippen molar-refractivity contribution < 1.29 is 8.42 Å². The highest BCUT2D eigenvalue weighted by molar-refractivity contribution is 7.91. The first-order valence-corrected chi connectivity index (χ1v) is 7.42. The lowest BCUT2D eigenvalue weighted by atomic mass is 10.2. The van der Waals surface area contributed by atoms with Crippen LogP contribution in [-0.4, -0.2) is 29.7 Å². The van der Waals surface area contributed by atoms with E-state index in [1.165, 1.54) is 4.68 Å². The van der Waals surface area contributed by atoms with Gasteiger partial charge in [-0.15, -0.1) is 0 Å². The molecule has 1 fully saturated rings. The van der Waals surface area contributed by atoms with E-state index in [9.17, 15) is 13.2 Å². The van der Waals surface area contributed by atoms with Crippen LogP contribution < -0.4 is 5.56 Å². The van der Waals surface area contributed by atoms with Gasteiger partial charge in [0.2, 0.25) is 0 Å². The summed E-state index contributed by atoms with van der Waals surface area (Å²) >= 11 is 0. The Hall–Kier alpha value is -1.04. The van der Waals surface area contributed by atoms with Crippen LogP contribution in [0.1, 0.15) is 30.1 Å². The summed E-state index contributed by atoms with van der Waals surface area (Å²) < 4.78 is 24.3. The van der Waals surface area contributed by atoms with Crippen molar-refractivity contribution in [2.24, 2.45) is 0 Å². The summed E-state index contributed by atoms with van der Waals surface area (Å²) in [6, 6.07) is -0.178. The largest absolute Gasteiger partial charge is 0.299 e. The molecule has 0 aromatic carbocycles. The molecule has 0 bridgehead atoms. The van der Waals surface area contributed by atoms with E-state index in [1.807, 2.05) is 0 Å². The predicted octanol–water partition coefficient (Wildman–Crippen LogP) is 0.0247. The lowest BCUT2D eigenvalue weighted by Crippen LogP contribution is -2.25. The van der Waals surface area contributed by atoms with Crippen molar-refractivity contribution >= 4 is 9.84 Å². The molecule has 1 aliphatic heterocycles. The summed E-state index contributed by atoms with van der Waals surface area (Å²) in [4.78, 5) is 12.0. The van der Waals surface area contributed by atoms with Crippen molar-refractivity contribution in [3.63, 3.8) is 0 Å². The lowest BCUT2D eigenvalue weighted by molar-refractivity contribution is 0.479. The first kappa shape index (κ1) is 10.1. The number of sulfone groups is 1. The highest BCUT2D eigenvalue weighted by Gasteiger charge is 2.32. The zero-order valence-electron chi connectivity index (χ0n) is 8.90. The Morgan fingerprint density at radius 1 is 1.31 bits per heavy atom. The molecule has 0 radical (unpaired) electrons. The first-order chi connectivity index (χ1) is 7.57. The lowest BCUT2D eigenvalue weighted by Gasteiger charge is -2.08. The van der Waals surface area contributed by atoms with Crippen molar-refractivity contribution in [3.05, 3.63) is 21.6 Å². The molecule has 1 saturated heterocycles. The van der Waals surface area contributed by atoms with Gasteiger partial charge in [0, 0.05) is 11.3 Å². The Bertz CT molecular complexity index is 582. The number of nitrogens with one attached hydrogen (secondary N) is 1. The van der Waals surface area contributed by atoms with Gasteiger partial charge in [-0.1, -0.05) is 0 Å². The van der Waals surface area contributed by atoms with Crippen LogP contribution in [-0.2, 0) is 22.7 Å². The monoisotopic (exact) mass is 242 g/mol. The minimum atomic E-state index is -2.93. The number of hydrogen-bond acceptors (Lipinski definition) is 3. The molecule has 0 spiro atoms. The minimum Gasteiger partial charge on any atom is -0.299 e. The second kappa shape index (κ2) is 3.23. The fraction of sp³-hybridized carbons (Fsp3) is 0.700. The van der Waals surface area contributed by atoms with Gasteiger partial charge in [0.15, 0.2) is 9.84 Å². The summed E-state index contributed by atoms with van der Waals surface area (Å²) in [5.74, 6) is 0.306. The number of nitrogens with zero attached hydrogens (tertiary/aromatic N) is 1. The number of rotatable bonds is 1. The zero-order chi connectivity index (χ0) is 11.3. The quantitative estimate of drug-likeness (QED) is 0.755. The molecule has 2 aliphatic rings. The average Bonchev–Trinajstić information content (AvgIpc) is 2.84. The Morgan fingerprint density at radius 2 is 2.12 bits per heavy atom. The van der Waals surface area contributed by atoms with E-state index in [4.69, 9.17) is 0 Å². The van der Waals surface area contributed by atoms with Gasteiger partial charge in [0.25, 0.3) is 5.56 Å². The van der Waals surface area contributed by atoms with Crippen LogP contribution in [0.4, 0.5) is 0 Å². The van der Waals surface area contributed by atoms with E-state index >= 15 is 0 Å². The molecule has 1 N–H and O–H groups in total. The third-order valence-corrected chi connectivity index (χ3v) is 5.27. The maximum Gasteiger partial charge on any atom is 0.270 e. The molecule has 6 heteroatoms. The smallest absolute Gasteiger partial charge is 0.270 e. The van der Waals surface area contributed by atoms with Crippen molar-refractivity contribution in [3.8, 4) is 0 Å². The Labute approximate surface area is 93.4 Å². The summed E-state index contributed by atoms with van der Waals surface area (Å²) in [5.41, 5.74) is 1.87. The molecular weight excluding hydrogens is 228 g/mol. The van der Waals surface area contributed by atoms with E-state index < -0.39 is 9.84 Å². The molecule has 1 aromatic rings. The summed E-state index contributed by atoms with van der Waals surface area (Å²) in [6.07, 6.45) is 3.33. The maximum atomic E-state index is 12.0. The fourth-order valence-electron chi connectivity index (χ4n) is 2.68. The third kappa shape index (κ3) is 1.43. The van der Waals surface area contributed by atoms with Gasteiger partial charge in [-0.25, -0.2) is 13.1 Å². The Balaban J connectivity index is 2.00. The second-order valence-corrected chi connectivity index (χ2v) is 6.88. The van der Waals surface area contributed by atoms with E-state index in [-0.39, 0.29) is 23.1 Å². The molecule has 2 heterocycles. The van der Waals surface area contributed by atoms with Gasteiger partial charge in [0.05, 0.1) is 17.5 Å². The number of aromatic amines is 1.